The standard InChI is InChI=1S/C24H21N3O3S2/c1-14-10-15(23-25-20-6-4-5-7-21(20)32-23)8-9-19(14)26-24(31)27-22(28)16-11-17(29-2)13-18(12-16)30-3/h4-13H,1-3H3,(H2,26,27,28,31). The van der Waals surface area contributed by atoms with Gasteiger partial charge in [-0.1, -0.05) is 12.1 Å². The van der Waals surface area contributed by atoms with Gasteiger partial charge in [0.15, 0.2) is 5.11 Å². The number of amides is 1. The monoisotopic (exact) mass is 463 g/mol. The summed E-state index contributed by atoms with van der Waals surface area (Å²) >= 11 is 7.00. The van der Waals surface area contributed by atoms with E-state index in [1.54, 1.807) is 29.5 Å². The number of nitrogens with one attached hydrogen (secondary N) is 2. The van der Waals surface area contributed by atoms with Crippen LogP contribution in [0.25, 0.3) is 20.8 Å². The highest BCUT2D eigenvalue weighted by atomic mass is 32.1. The van der Waals surface area contributed by atoms with Crippen LogP contribution in [0.5, 0.6) is 11.5 Å². The van der Waals surface area contributed by atoms with Crippen LogP contribution in [0.4, 0.5) is 5.69 Å². The zero-order chi connectivity index (χ0) is 22.7. The van der Waals surface area contributed by atoms with Gasteiger partial charge in [-0.25, -0.2) is 4.98 Å². The Bertz CT molecular complexity index is 1260. The average molecular weight is 464 g/mol. The second-order valence-electron chi connectivity index (χ2n) is 7.03. The first-order valence-corrected chi connectivity index (χ1v) is 11.0. The molecule has 4 aromatic rings. The molecule has 0 fully saturated rings. The Balaban J connectivity index is 1.47. The lowest BCUT2D eigenvalue weighted by Crippen LogP contribution is -2.34. The summed E-state index contributed by atoms with van der Waals surface area (Å²) in [5, 5.41) is 6.96. The summed E-state index contributed by atoms with van der Waals surface area (Å²) in [5.41, 5.74) is 4.20. The summed E-state index contributed by atoms with van der Waals surface area (Å²) in [7, 11) is 3.06. The molecule has 0 aliphatic heterocycles. The molecule has 32 heavy (non-hydrogen) atoms. The van der Waals surface area contributed by atoms with Gasteiger partial charge in [0, 0.05) is 22.9 Å². The zero-order valence-electron chi connectivity index (χ0n) is 17.8. The molecular formula is C24H21N3O3S2. The molecular weight excluding hydrogens is 442 g/mol. The van der Waals surface area contributed by atoms with Gasteiger partial charge in [-0.05, 0) is 67.2 Å². The lowest BCUT2D eigenvalue weighted by atomic mass is 10.1. The number of aromatic nitrogens is 1. The molecule has 1 heterocycles. The third-order valence-corrected chi connectivity index (χ3v) is 6.15. The van der Waals surface area contributed by atoms with Crippen molar-refractivity contribution in [3.05, 3.63) is 71.8 Å². The second-order valence-corrected chi connectivity index (χ2v) is 8.46. The lowest BCUT2D eigenvalue weighted by Gasteiger charge is -2.13. The molecule has 6 nitrogen and oxygen atoms in total. The summed E-state index contributed by atoms with van der Waals surface area (Å²) in [6.45, 7) is 1.98. The Labute approximate surface area is 195 Å². The molecule has 0 atom stereocenters. The lowest BCUT2D eigenvalue weighted by molar-refractivity contribution is 0.0977. The number of para-hydroxylation sites is 1. The maximum Gasteiger partial charge on any atom is 0.257 e. The highest BCUT2D eigenvalue weighted by Gasteiger charge is 2.13. The minimum atomic E-state index is -0.358. The van der Waals surface area contributed by atoms with Gasteiger partial charge in [0.25, 0.3) is 5.91 Å². The van der Waals surface area contributed by atoms with Gasteiger partial charge in [-0.15, -0.1) is 11.3 Å². The second kappa shape index (κ2) is 9.33. The first-order valence-electron chi connectivity index (χ1n) is 9.79. The van der Waals surface area contributed by atoms with Gasteiger partial charge in [0.2, 0.25) is 0 Å². The molecule has 2 N–H and O–H groups in total. The van der Waals surface area contributed by atoms with E-state index in [1.807, 2.05) is 37.3 Å². The van der Waals surface area contributed by atoms with Crippen LogP contribution in [0.15, 0.2) is 60.7 Å². The molecule has 0 unspecified atom stereocenters. The molecule has 1 aromatic heterocycles. The number of hydrogen-bond donors (Lipinski definition) is 2. The molecule has 0 spiro atoms. The van der Waals surface area contributed by atoms with Crippen molar-refractivity contribution in [2.24, 2.45) is 0 Å². The van der Waals surface area contributed by atoms with E-state index in [9.17, 15) is 4.79 Å². The first kappa shape index (κ1) is 21.7. The first-order chi connectivity index (χ1) is 15.5. The highest BCUT2D eigenvalue weighted by molar-refractivity contribution is 7.80. The Hall–Kier alpha value is -3.49. The van der Waals surface area contributed by atoms with Crippen LogP contribution >= 0.6 is 23.6 Å². The SMILES string of the molecule is COc1cc(OC)cc(C(=O)NC(=S)Nc2ccc(-c3nc4ccccc4s3)cc2C)c1. The number of nitrogens with zero attached hydrogens (tertiary/aromatic N) is 1. The molecule has 162 valence electrons. The van der Waals surface area contributed by atoms with E-state index in [-0.39, 0.29) is 11.0 Å². The van der Waals surface area contributed by atoms with Crippen LogP contribution in [0, 0.1) is 6.92 Å². The van der Waals surface area contributed by atoms with Gasteiger partial charge >= 0.3 is 0 Å². The third kappa shape index (κ3) is 4.71. The maximum atomic E-state index is 12.6. The van der Waals surface area contributed by atoms with Crippen molar-refractivity contribution in [3.63, 3.8) is 0 Å². The number of carbonyl (C=O) groups excluding carboxylic acids is 1. The van der Waals surface area contributed by atoms with E-state index < -0.39 is 0 Å². The average Bonchev–Trinajstić information content (AvgIpc) is 3.24. The van der Waals surface area contributed by atoms with Crippen molar-refractivity contribution in [3.8, 4) is 22.1 Å². The highest BCUT2D eigenvalue weighted by Crippen LogP contribution is 2.32. The van der Waals surface area contributed by atoms with Gasteiger partial charge in [0.05, 0.1) is 24.4 Å². The number of rotatable bonds is 5. The molecule has 0 aliphatic carbocycles. The van der Waals surface area contributed by atoms with Crippen LogP contribution in [0.3, 0.4) is 0 Å². The van der Waals surface area contributed by atoms with E-state index in [0.29, 0.717) is 17.1 Å². The number of aryl methyl sites for hydroxylation is 1. The Morgan fingerprint density at radius 2 is 1.72 bits per heavy atom. The molecule has 0 saturated heterocycles. The number of hydrogen-bond acceptors (Lipinski definition) is 6. The smallest absolute Gasteiger partial charge is 0.257 e. The summed E-state index contributed by atoms with van der Waals surface area (Å²) in [4.78, 5) is 17.3. The van der Waals surface area contributed by atoms with Crippen LogP contribution < -0.4 is 20.1 Å². The molecule has 0 bridgehead atoms. The summed E-state index contributed by atoms with van der Waals surface area (Å²) in [5.74, 6) is 0.688. The van der Waals surface area contributed by atoms with E-state index >= 15 is 0 Å². The predicted molar refractivity (Wildman–Crippen MR) is 133 cm³/mol. The van der Waals surface area contributed by atoms with Crippen molar-refractivity contribution in [1.82, 2.24) is 10.3 Å². The number of benzene rings is 3. The van der Waals surface area contributed by atoms with E-state index in [2.05, 4.69) is 22.8 Å². The zero-order valence-corrected chi connectivity index (χ0v) is 19.4. The van der Waals surface area contributed by atoms with Crippen LogP contribution in [0.1, 0.15) is 15.9 Å². The number of ether oxygens (including phenoxy) is 2. The molecule has 1 amide bonds. The molecule has 0 aliphatic rings. The maximum absolute atomic E-state index is 12.6. The third-order valence-electron chi connectivity index (χ3n) is 4.86. The predicted octanol–water partition coefficient (Wildman–Crippen LogP) is 5.42. The number of methoxy groups -OCH3 is 2. The topological polar surface area (TPSA) is 72.5 Å². The van der Waals surface area contributed by atoms with Crippen molar-refractivity contribution in [2.75, 3.05) is 19.5 Å². The van der Waals surface area contributed by atoms with Crippen molar-refractivity contribution < 1.29 is 14.3 Å². The summed E-state index contributed by atoms with van der Waals surface area (Å²) in [6.07, 6.45) is 0. The Morgan fingerprint density at radius 1 is 1.00 bits per heavy atom. The number of carbonyl (C=O) groups is 1. The van der Waals surface area contributed by atoms with Crippen LogP contribution in [0.2, 0.25) is 0 Å². The molecule has 8 heteroatoms. The van der Waals surface area contributed by atoms with Crippen LogP contribution in [-0.2, 0) is 0 Å². The molecule has 0 saturated carbocycles. The Kier molecular flexibility index (Phi) is 6.34. The van der Waals surface area contributed by atoms with Gasteiger partial charge < -0.3 is 14.8 Å². The van der Waals surface area contributed by atoms with E-state index in [4.69, 9.17) is 26.7 Å². The van der Waals surface area contributed by atoms with Gasteiger partial charge in [-0.2, -0.15) is 0 Å². The Morgan fingerprint density at radius 3 is 2.38 bits per heavy atom. The molecule has 3 aromatic carbocycles. The number of thiazole rings is 1. The fraction of sp³-hybridized carbons (Fsp3) is 0.125. The quantitative estimate of drug-likeness (QED) is 0.385. The molecule has 0 radical (unpaired) electrons. The normalized spacial score (nSPS) is 10.6. The van der Waals surface area contributed by atoms with Crippen LogP contribution in [-0.4, -0.2) is 30.2 Å². The number of thiocarbonyl (C=S) groups is 1. The summed E-state index contributed by atoms with van der Waals surface area (Å²) < 4.78 is 11.6. The van der Waals surface area contributed by atoms with Gasteiger partial charge in [0.1, 0.15) is 16.5 Å². The van der Waals surface area contributed by atoms with Crippen molar-refractivity contribution in [1.29, 1.82) is 0 Å². The fourth-order valence-corrected chi connectivity index (χ4v) is 4.36. The largest absolute Gasteiger partial charge is 0.497 e. The van der Waals surface area contributed by atoms with E-state index in [1.165, 1.54) is 14.2 Å². The van der Waals surface area contributed by atoms with Gasteiger partial charge in [-0.3, -0.25) is 10.1 Å². The minimum absolute atomic E-state index is 0.202. The fourth-order valence-electron chi connectivity index (χ4n) is 3.20. The number of fused-ring (bicyclic) bond motifs is 1. The molecule has 4 rings (SSSR count). The summed E-state index contributed by atoms with van der Waals surface area (Å²) in [6, 6.07) is 19.0. The minimum Gasteiger partial charge on any atom is -0.497 e. The van der Waals surface area contributed by atoms with Crippen molar-refractivity contribution >= 4 is 50.5 Å². The van der Waals surface area contributed by atoms with E-state index in [0.717, 1.165) is 32.0 Å². The number of anilines is 1. The van der Waals surface area contributed by atoms with Crippen molar-refractivity contribution in [2.45, 2.75) is 6.92 Å².